The van der Waals surface area contributed by atoms with Crippen LogP contribution in [0.3, 0.4) is 0 Å². The van der Waals surface area contributed by atoms with Gasteiger partial charge in [0.2, 0.25) is 6.79 Å². The molecule has 0 bridgehead atoms. The van der Waals surface area contributed by atoms with E-state index >= 15 is 0 Å². The van der Waals surface area contributed by atoms with Crippen molar-refractivity contribution in [3.63, 3.8) is 0 Å². The molecule has 3 N–H and O–H groups in total. The molecule has 2 aromatic carbocycles. The number of nitrogen functional groups attached to an aromatic ring is 1. The molecule has 44 heavy (non-hydrogen) atoms. The van der Waals surface area contributed by atoms with Crippen LogP contribution in [0.2, 0.25) is 5.02 Å². The standard InChI is InChI=1S/C31H34ClN9O3/c1-38(2)18-9-11-40(12-10-18)13-14-41-30-25(29(33)34-16-35-30)26(37-41)19-7-8-22(28-27(19)43-17-44-28)36-31(42)24-15-20-21(32)5-4-6-23(20)39(24)3/h4-8,15-16,18H,9-14,17H2,1-3H3,(H,36,42)(H2,33,34,35). The van der Waals surface area contributed by atoms with E-state index < -0.39 is 0 Å². The number of halogens is 1. The predicted octanol–water partition coefficient (Wildman–Crippen LogP) is 4.23. The monoisotopic (exact) mass is 615 g/mol. The molecule has 1 saturated heterocycles. The van der Waals surface area contributed by atoms with Gasteiger partial charge in [0.15, 0.2) is 17.1 Å². The average Bonchev–Trinajstić information content (AvgIpc) is 3.74. The van der Waals surface area contributed by atoms with Gasteiger partial charge >= 0.3 is 0 Å². The SMILES string of the molecule is CN(C)C1CCN(CCn2nc(-c3ccc(NC(=O)c4cc5c(Cl)cccc5n4C)c4c3OCO4)c3c(N)ncnc32)CC1. The maximum Gasteiger partial charge on any atom is 0.272 e. The number of fused-ring (bicyclic) bond motifs is 3. The Hall–Kier alpha value is -4.39. The number of amides is 1. The normalized spacial score (nSPS) is 15.6. The van der Waals surface area contributed by atoms with Crippen LogP contribution in [0.1, 0.15) is 23.3 Å². The number of nitrogens with one attached hydrogen (secondary N) is 1. The Morgan fingerprint density at radius 2 is 1.91 bits per heavy atom. The zero-order valence-electron chi connectivity index (χ0n) is 24.9. The fourth-order valence-corrected chi connectivity index (χ4v) is 6.50. The van der Waals surface area contributed by atoms with E-state index in [-0.39, 0.29) is 12.7 Å². The minimum Gasteiger partial charge on any atom is -0.453 e. The van der Waals surface area contributed by atoms with Gasteiger partial charge in [-0.25, -0.2) is 14.6 Å². The van der Waals surface area contributed by atoms with Crippen molar-refractivity contribution >= 4 is 50.9 Å². The Labute approximate surface area is 259 Å². The molecule has 2 aliphatic rings. The van der Waals surface area contributed by atoms with Crippen molar-refractivity contribution in [2.45, 2.75) is 25.4 Å². The van der Waals surface area contributed by atoms with Gasteiger partial charge in [0.1, 0.15) is 23.5 Å². The number of hydrogen-bond donors (Lipinski definition) is 2. The van der Waals surface area contributed by atoms with Crippen molar-refractivity contribution in [1.82, 2.24) is 34.1 Å². The molecule has 5 heterocycles. The molecule has 0 aliphatic carbocycles. The van der Waals surface area contributed by atoms with E-state index in [1.54, 1.807) is 18.2 Å². The molecule has 1 fully saturated rings. The minimum absolute atomic E-state index is 0.00634. The lowest BCUT2D eigenvalue weighted by Gasteiger charge is -2.35. The molecule has 0 radical (unpaired) electrons. The summed E-state index contributed by atoms with van der Waals surface area (Å²) < 4.78 is 15.5. The molecule has 1 amide bonds. The highest BCUT2D eigenvalue weighted by atomic mass is 35.5. The van der Waals surface area contributed by atoms with Crippen LogP contribution in [0.15, 0.2) is 42.7 Å². The lowest BCUT2D eigenvalue weighted by Crippen LogP contribution is -2.42. The molecular formula is C31H34ClN9O3. The van der Waals surface area contributed by atoms with Gasteiger partial charge in [-0.05, 0) is 70.4 Å². The molecule has 228 valence electrons. The van der Waals surface area contributed by atoms with Gasteiger partial charge in [-0.15, -0.1) is 0 Å². The highest BCUT2D eigenvalue weighted by Crippen LogP contribution is 2.48. The number of nitrogens with zero attached hydrogens (tertiary/aromatic N) is 7. The third-order valence-corrected chi connectivity index (χ3v) is 9.09. The number of likely N-dealkylation sites (tertiary alicyclic amines) is 1. The van der Waals surface area contributed by atoms with Crippen LogP contribution in [-0.2, 0) is 13.6 Å². The summed E-state index contributed by atoms with van der Waals surface area (Å²) in [4.78, 5) is 27.0. The lowest BCUT2D eigenvalue weighted by atomic mass is 10.0. The van der Waals surface area contributed by atoms with Crippen LogP contribution < -0.4 is 20.5 Å². The van der Waals surface area contributed by atoms with Crippen molar-refractivity contribution in [2.75, 3.05) is 51.6 Å². The van der Waals surface area contributed by atoms with Crippen LogP contribution in [0.4, 0.5) is 11.5 Å². The Kier molecular flexibility index (Phi) is 7.27. The number of ether oxygens (including phenoxy) is 2. The van der Waals surface area contributed by atoms with Crippen LogP contribution >= 0.6 is 11.6 Å². The summed E-state index contributed by atoms with van der Waals surface area (Å²) >= 11 is 6.38. The number of aromatic nitrogens is 5. The quantitative estimate of drug-likeness (QED) is 0.276. The van der Waals surface area contributed by atoms with Gasteiger partial charge in [0.05, 0.1) is 17.6 Å². The second-order valence-electron chi connectivity index (χ2n) is 11.5. The van der Waals surface area contributed by atoms with Crippen molar-refractivity contribution in [1.29, 1.82) is 0 Å². The number of anilines is 2. The molecular weight excluding hydrogens is 582 g/mol. The van der Waals surface area contributed by atoms with E-state index in [9.17, 15) is 4.79 Å². The van der Waals surface area contributed by atoms with Crippen LogP contribution in [-0.4, -0.2) is 86.6 Å². The molecule has 7 rings (SSSR count). The minimum atomic E-state index is -0.299. The number of aryl methyl sites for hydroxylation is 1. The van der Waals surface area contributed by atoms with Gasteiger partial charge in [-0.1, -0.05) is 17.7 Å². The van der Waals surface area contributed by atoms with Crippen LogP contribution in [0.5, 0.6) is 11.5 Å². The molecule has 0 saturated carbocycles. The van der Waals surface area contributed by atoms with Crippen LogP contribution in [0.25, 0.3) is 33.2 Å². The Balaban J connectivity index is 1.18. The topological polar surface area (TPSA) is 129 Å². The molecule has 5 aromatic rings. The average molecular weight is 616 g/mol. The maximum atomic E-state index is 13.4. The fraction of sp³-hybridized carbons (Fsp3) is 0.355. The van der Waals surface area contributed by atoms with Gasteiger partial charge in [-0.2, -0.15) is 5.10 Å². The first-order valence-electron chi connectivity index (χ1n) is 14.6. The predicted molar refractivity (Wildman–Crippen MR) is 170 cm³/mol. The highest BCUT2D eigenvalue weighted by molar-refractivity contribution is 6.35. The number of hydrogen-bond acceptors (Lipinski definition) is 9. The number of piperidine rings is 1. The summed E-state index contributed by atoms with van der Waals surface area (Å²) in [7, 11) is 6.13. The largest absolute Gasteiger partial charge is 0.453 e. The fourth-order valence-electron chi connectivity index (χ4n) is 6.28. The third-order valence-electron chi connectivity index (χ3n) is 8.76. The van der Waals surface area contributed by atoms with Gasteiger partial charge in [0, 0.05) is 41.1 Å². The lowest BCUT2D eigenvalue weighted by molar-refractivity contribution is 0.101. The van der Waals surface area contributed by atoms with Gasteiger partial charge < -0.3 is 34.9 Å². The summed E-state index contributed by atoms with van der Waals surface area (Å²) in [5.74, 6) is 0.938. The van der Waals surface area contributed by atoms with Crippen molar-refractivity contribution in [3.05, 3.63) is 53.4 Å². The first-order chi connectivity index (χ1) is 21.3. The van der Waals surface area contributed by atoms with Crippen molar-refractivity contribution in [3.8, 4) is 22.8 Å². The molecule has 0 unspecified atom stereocenters. The van der Waals surface area contributed by atoms with Crippen molar-refractivity contribution < 1.29 is 14.3 Å². The van der Waals surface area contributed by atoms with E-state index in [4.69, 9.17) is 31.9 Å². The molecule has 0 spiro atoms. The number of carbonyl (C=O) groups is 1. The molecule has 12 nitrogen and oxygen atoms in total. The number of benzene rings is 2. The molecule has 13 heteroatoms. The number of nitrogens with two attached hydrogens (primary N) is 1. The summed E-state index contributed by atoms with van der Waals surface area (Å²) in [5.41, 5.74) is 10.2. The van der Waals surface area contributed by atoms with Gasteiger partial charge in [0.25, 0.3) is 5.91 Å². The van der Waals surface area contributed by atoms with E-state index in [2.05, 4.69) is 39.2 Å². The Bertz CT molecular complexity index is 1890. The zero-order chi connectivity index (χ0) is 30.5. The Morgan fingerprint density at radius 3 is 2.68 bits per heavy atom. The summed E-state index contributed by atoms with van der Waals surface area (Å²) in [6.45, 7) is 3.60. The van der Waals surface area contributed by atoms with Crippen molar-refractivity contribution in [2.24, 2.45) is 7.05 Å². The first kappa shape index (κ1) is 28.4. The molecule has 3 aromatic heterocycles. The van der Waals surface area contributed by atoms with E-state index in [0.717, 1.165) is 43.4 Å². The number of carbonyl (C=O) groups excluding carboxylic acids is 1. The smallest absolute Gasteiger partial charge is 0.272 e. The van der Waals surface area contributed by atoms with E-state index in [1.807, 2.05) is 34.5 Å². The maximum absolute atomic E-state index is 13.4. The zero-order valence-corrected chi connectivity index (χ0v) is 25.6. The van der Waals surface area contributed by atoms with Gasteiger partial charge in [-0.3, -0.25) is 4.79 Å². The summed E-state index contributed by atoms with van der Waals surface area (Å²) in [6, 6.07) is 11.6. The second-order valence-corrected chi connectivity index (χ2v) is 11.9. The van der Waals surface area contributed by atoms with Crippen LogP contribution in [0, 0.1) is 0 Å². The van der Waals surface area contributed by atoms with E-state index in [0.29, 0.717) is 68.6 Å². The third kappa shape index (κ3) is 4.88. The van der Waals surface area contributed by atoms with E-state index in [1.165, 1.54) is 6.33 Å². The first-order valence-corrected chi connectivity index (χ1v) is 15.0. The summed E-state index contributed by atoms with van der Waals surface area (Å²) in [5, 5.41) is 10.0. The molecule has 2 aliphatic heterocycles. The highest BCUT2D eigenvalue weighted by Gasteiger charge is 2.29. The number of rotatable bonds is 7. The Morgan fingerprint density at radius 1 is 1.11 bits per heavy atom. The summed E-state index contributed by atoms with van der Waals surface area (Å²) in [6.07, 6.45) is 3.76. The second kappa shape index (κ2) is 11.3. The molecule has 0 atom stereocenters.